The molecule has 100 valence electrons. The minimum absolute atomic E-state index is 0.0249. The van der Waals surface area contributed by atoms with E-state index < -0.39 is 0 Å². The summed E-state index contributed by atoms with van der Waals surface area (Å²) >= 11 is 0. The number of rotatable bonds is 3. The Labute approximate surface area is 105 Å². The average Bonchev–Trinajstić information content (AvgIpc) is 2.30. The molecule has 0 aromatic carbocycles. The van der Waals surface area contributed by atoms with Crippen LogP contribution in [0, 0.1) is 5.92 Å². The van der Waals surface area contributed by atoms with Crippen LogP contribution in [0.3, 0.4) is 0 Å². The zero-order chi connectivity index (χ0) is 13.3. The summed E-state index contributed by atoms with van der Waals surface area (Å²) < 4.78 is 0. The van der Waals surface area contributed by atoms with Gasteiger partial charge in [-0.25, -0.2) is 0 Å². The van der Waals surface area contributed by atoms with Crippen LogP contribution >= 0.6 is 0 Å². The largest absolute Gasteiger partial charge is 0.367 e. The lowest BCUT2D eigenvalue weighted by Crippen LogP contribution is -2.64. The second-order valence-electron chi connectivity index (χ2n) is 5.88. The van der Waals surface area contributed by atoms with Gasteiger partial charge in [-0.15, -0.1) is 5.06 Å². The van der Waals surface area contributed by atoms with E-state index in [1.807, 2.05) is 5.06 Å². The standard InChI is InChI=1S/C14H27NO2/c1-7-13(5)10-9-11(3)14(6,8-2)15(13)17-12(4)16/h11H,7-10H2,1-6H3. The van der Waals surface area contributed by atoms with E-state index in [0.29, 0.717) is 5.92 Å². The van der Waals surface area contributed by atoms with E-state index >= 15 is 0 Å². The Kier molecular flexibility index (Phi) is 4.23. The Hall–Kier alpha value is -0.570. The summed E-state index contributed by atoms with van der Waals surface area (Å²) in [6.45, 7) is 12.5. The van der Waals surface area contributed by atoms with Gasteiger partial charge in [0.1, 0.15) is 0 Å². The summed E-state index contributed by atoms with van der Waals surface area (Å²) in [4.78, 5) is 16.9. The highest BCUT2D eigenvalue weighted by molar-refractivity contribution is 5.65. The van der Waals surface area contributed by atoms with Gasteiger partial charge in [-0.2, -0.15) is 0 Å². The summed E-state index contributed by atoms with van der Waals surface area (Å²) in [6.07, 6.45) is 4.29. The summed E-state index contributed by atoms with van der Waals surface area (Å²) in [5.41, 5.74) is -0.0718. The Balaban J connectivity index is 3.09. The van der Waals surface area contributed by atoms with Crippen molar-refractivity contribution in [1.82, 2.24) is 5.06 Å². The molecule has 1 fully saturated rings. The molecule has 0 aliphatic carbocycles. The van der Waals surface area contributed by atoms with Gasteiger partial charge in [0.25, 0.3) is 0 Å². The zero-order valence-electron chi connectivity index (χ0n) is 12.2. The van der Waals surface area contributed by atoms with Gasteiger partial charge in [0.2, 0.25) is 0 Å². The topological polar surface area (TPSA) is 29.5 Å². The van der Waals surface area contributed by atoms with E-state index in [2.05, 4.69) is 34.6 Å². The maximum absolute atomic E-state index is 11.4. The Morgan fingerprint density at radius 2 is 1.94 bits per heavy atom. The minimum atomic E-state index is -0.210. The number of hydrogen-bond donors (Lipinski definition) is 0. The van der Waals surface area contributed by atoms with Gasteiger partial charge in [0.05, 0.1) is 11.1 Å². The molecule has 0 bridgehead atoms. The summed E-state index contributed by atoms with van der Waals surface area (Å²) in [5, 5.41) is 2.00. The predicted molar refractivity (Wildman–Crippen MR) is 69.4 cm³/mol. The highest BCUT2D eigenvalue weighted by Gasteiger charge is 2.50. The van der Waals surface area contributed by atoms with Crippen LogP contribution in [-0.2, 0) is 9.63 Å². The van der Waals surface area contributed by atoms with E-state index in [0.717, 1.165) is 19.3 Å². The highest BCUT2D eigenvalue weighted by atomic mass is 16.7. The van der Waals surface area contributed by atoms with Gasteiger partial charge in [0.15, 0.2) is 0 Å². The molecule has 0 aromatic rings. The van der Waals surface area contributed by atoms with Gasteiger partial charge >= 0.3 is 5.97 Å². The molecule has 3 unspecified atom stereocenters. The lowest BCUT2D eigenvalue weighted by Gasteiger charge is -2.55. The van der Waals surface area contributed by atoms with Gasteiger partial charge in [-0.3, -0.25) is 4.79 Å². The molecule has 3 nitrogen and oxygen atoms in total. The first kappa shape index (κ1) is 14.5. The van der Waals surface area contributed by atoms with Crippen molar-refractivity contribution in [2.45, 2.75) is 78.3 Å². The van der Waals surface area contributed by atoms with Crippen LogP contribution in [0.4, 0.5) is 0 Å². The van der Waals surface area contributed by atoms with Crippen molar-refractivity contribution in [3.8, 4) is 0 Å². The molecular weight excluding hydrogens is 214 g/mol. The number of nitrogens with zero attached hydrogens (tertiary/aromatic N) is 1. The van der Waals surface area contributed by atoms with E-state index in [4.69, 9.17) is 4.84 Å². The van der Waals surface area contributed by atoms with Gasteiger partial charge < -0.3 is 4.84 Å². The molecule has 3 heteroatoms. The highest BCUT2D eigenvalue weighted by Crippen LogP contribution is 2.45. The predicted octanol–water partition coefficient (Wildman–Crippen LogP) is 3.53. The lowest BCUT2D eigenvalue weighted by atomic mass is 9.71. The second kappa shape index (κ2) is 4.97. The molecule has 1 aliphatic rings. The minimum Gasteiger partial charge on any atom is -0.367 e. The Morgan fingerprint density at radius 1 is 1.35 bits per heavy atom. The fourth-order valence-corrected chi connectivity index (χ4v) is 2.91. The molecule has 0 saturated carbocycles. The van der Waals surface area contributed by atoms with E-state index in [1.54, 1.807) is 0 Å². The van der Waals surface area contributed by atoms with Crippen molar-refractivity contribution in [1.29, 1.82) is 0 Å². The van der Waals surface area contributed by atoms with E-state index in [1.165, 1.54) is 13.3 Å². The summed E-state index contributed by atoms with van der Waals surface area (Å²) in [7, 11) is 0. The third-order valence-corrected chi connectivity index (χ3v) is 4.83. The van der Waals surface area contributed by atoms with Crippen LogP contribution in [0.5, 0.6) is 0 Å². The number of piperidine rings is 1. The van der Waals surface area contributed by atoms with Crippen LogP contribution in [0.25, 0.3) is 0 Å². The molecule has 0 radical (unpaired) electrons. The van der Waals surface area contributed by atoms with Crippen molar-refractivity contribution < 1.29 is 9.63 Å². The fraction of sp³-hybridized carbons (Fsp3) is 0.929. The normalized spacial score (nSPS) is 39.1. The third-order valence-electron chi connectivity index (χ3n) is 4.83. The SMILES string of the molecule is CCC1(C)CCC(C)C(C)(CC)N1OC(C)=O. The first-order valence-electron chi connectivity index (χ1n) is 6.79. The summed E-state index contributed by atoms with van der Waals surface area (Å²) in [6, 6.07) is 0. The molecule has 3 atom stereocenters. The number of hydroxylamine groups is 2. The van der Waals surface area contributed by atoms with Crippen molar-refractivity contribution >= 4 is 5.97 Å². The Morgan fingerprint density at radius 3 is 2.35 bits per heavy atom. The fourth-order valence-electron chi connectivity index (χ4n) is 2.91. The zero-order valence-corrected chi connectivity index (χ0v) is 12.2. The monoisotopic (exact) mass is 241 g/mol. The van der Waals surface area contributed by atoms with Crippen LogP contribution in [-0.4, -0.2) is 22.1 Å². The Bertz CT molecular complexity index is 292. The molecule has 0 spiro atoms. The number of carbonyl (C=O) groups is 1. The van der Waals surface area contributed by atoms with Crippen molar-refractivity contribution in [3.63, 3.8) is 0 Å². The van der Waals surface area contributed by atoms with E-state index in [9.17, 15) is 4.79 Å². The smallest absolute Gasteiger partial charge is 0.322 e. The first-order chi connectivity index (χ1) is 7.80. The van der Waals surface area contributed by atoms with Crippen molar-refractivity contribution in [2.24, 2.45) is 5.92 Å². The average molecular weight is 241 g/mol. The van der Waals surface area contributed by atoms with E-state index in [-0.39, 0.29) is 17.0 Å². The molecule has 1 aliphatic heterocycles. The lowest BCUT2D eigenvalue weighted by molar-refractivity contribution is -0.284. The molecule has 1 heterocycles. The molecule has 1 saturated heterocycles. The molecule has 1 rings (SSSR count). The molecule has 0 amide bonds. The van der Waals surface area contributed by atoms with Crippen LogP contribution in [0.15, 0.2) is 0 Å². The van der Waals surface area contributed by atoms with Crippen LogP contribution < -0.4 is 0 Å². The van der Waals surface area contributed by atoms with Crippen LogP contribution in [0.2, 0.25) is 0 Å². The second-order valence-corrected chi connectivity index (χ2v) is 5.88. The molecule has 17 heavy (non-hydrogen) atoms. The molecule has 0 N–H and O–H groups in total. The van der Waals surface area contributed by atoms with Crippen LogP contribution in [0.1, 0.15) is 67.2 Å². The molecule has 0 aromatic heterocycles. The van der Waals surface area contributed by atoms with Gasteiger partial charge in [-0.05, 0) is 45.4 Å². The maximum Gasteiger partial charge on any atom is 0.322 e. The quantitative estimate of drug-likeness (QED) is 0.757. The third kappa shape index (κ3) is 2.49. The maximum atomic E-state index is 11.4. The van der Waals surface area contributed by atoms with Gasteiger partial charge in [0, 0.05) is 6.92 Å². The number of carbonyl (C=O) groups excluding carboxylic acids is 1. The van der Waals surface area contributed by atoms with Crippen molar-refractivity contribution in [2.75, 3.05) is 0 Å². The van der Waals surface area contributed by atoms with Crippen molar-refractivity contribution in [3.05, 3.63) is 0 Å². The first-order valence-corrected chi connectivity index (χ1v) is 6.79. The molecular formula is C14H27NO2. The number of hydrogen-bond acceptors (Lipinski definition) is 3. The summed E-state index contributed by atoms with van der Waals surface area (Å²) in [5.74, 6) is 0.338. The van der Waals surface area contributed by atoms with Gasteiger partial charge in [-0.1, -0.05) is 20.8 Å².